The second kappa shape index (κ2) is 17.1. The molecule has 3 aliphatic heterocycles. The summed E-state index contributed by atoms with van der Waals surface area (Å²) >= 11 is 0. The summed E-state index contributed by atoms with van der Waals surface area (Å²) < 4.78 is 11.0. The molecular weight excluding hydrogens is 819 g/mol. The van der Waals surface area contributed by atoms with Gasteiger partial charge in [0.1, 0.15) is 36.5 Å². The predicted octanol–water partition coefficient (Wildman–Crippen LogP) is 2.53. The maximum atomic E-state index is 15.0. The van der Waals surface area contributed by atoms with Gasteiger partial charge < -0.3 is 60.5 Å². The molecule has 2 aliphatic carbocycles. The van der Waals surface area contributed by atoms with Gasteiger partial charge in [-0.25, -0.2) is 4.79 Å². The molecule has 1 saturated heterocycles. The van der Waals surface area contributed by atoms with Gasteiger partial charge in [-0.05, 0) is 79.1 Å². The van der Waals surface area contributed by atoms with Crippen molar-refractivity contribution < 1.29 is 70.1 Å². The number of allylic oxidation sites excluding steroid dienone is 1. The number of para-hydroxylation sites is 1. The van der Waals surface area contributed by atoms with Crippen LogP contribution in [0.25, 0.3) is 6.08 Å². The fourth-order valence-electron chi connectivity index (χ4n) is 10.5. The largest absolute Gasteiger partial charge is 0.508 e. The molecule has 8 rings (SSSR count). The first-order valence-corrected chi connectivity index (χ1v) is 21.0. The molecule has 5 aliphatic rings. The molecule has 3 aromatic rings. The first kappa shape index (κ1) is 44.0. The summed E-state index contributed by atoms with van der Waals surface area (Å²) in [6.07, 6.45) is 2.10. The number of aliphatic carboxylic acids is 1. The fourth-order valence-corrected chi connectivity index (χ4v) is 10.5. The third-order valence-corrected chi connectivity index (χ3v) is 13.3. The van der Waals surface area contributed by atoms with Crippen molar-refractivity contribution in [1.82, 2.24) is 0 Å². The van der Waals surface area contributed by atoms with Crippen molar-refractivity contribution in [2.75, 3.05) is 24.8 Å². The predicted molar refractivity (Wildman–Crippen MR) is 227 cm³/mol. The number of aromatic hydroxyl groups is 3. The summed E-state index contributed by atoms with van der Waals surface area (Å²) in [5.74, 6) is -8.53. The van der Waals surface area contributed by atoms with E-state index in [1.807, 2.05) is 6.07 Å². The van der Waals surface area contributed by atoms with E-state index < -0.39 is 83.2 Å². The monoisotopic (exact) mass is 869 g/mol. The Hall–Kier alpha value is -5.66. The van der Waals surface area contributed by atoms with Crippen molar-refractivity contribution in [2.24, 2.45) is 15.9 Å². The maximum Gasteiger partial charge on any atom is 0.355 e. The van der Waals surface area contributed by atoms with Crippen LogP contribution in [0.3, 0.4) is 0 Å². The quantitative estimate of drug-likeness (QED) is 0.0672. The van der Waals surface area contributed by atoms with Gasteiger partial charge in [-0.15, -0.1) is 0 Å². The molecule has 334 valence electrons. The third-order valence-electron chi connectivity index (χ3n) is 13.3. The summed E-state index contributed by atoms with van der Waals surface area (Å²) in [5.41, 5.74) is -0.0357. The molecule has 8 unspecified atom stereocenters. The van der Waals surface area contributed by atoms with Crippen molar-refractivity contribution in [2.45, 2.75) is 98.6 Å². The normalized spacial score (nSPS) is 29.7. The Morgan fingerprint density at radius 3 is 2.37 bits per heavy atom. The van der Waals surface area contributed by atoms with Crippen LogP contribution >= 0.6 is 0 Å². The van der Waals surface area contributed by atoms with Gasteiger partial charge in [-0.2, -0.15) is 0 Å². The molecule has 3 heterocycles. The van der Waals surface area contributed by atoms with Gasteiger partial charge in [0.25, 0.3) is 5.91 Å². The lowest BCUT2D eigenvalue weighted by molar-refractivity contribution is -0.422. The SMILES string of the molecule is O=C(C=Cc1ccc(O)c(CC2=NCN=C2)c1)N1c2cc(OC3(O)OC(CO)C(O)C(O)C3O)c(O)cc2C2C(C3(c4ccccc4O)CCCCC3)C(CCCO)=CC21C(=O)O. The van der Waals surface area contributed by atoms with Crippen LogP contribution in [0.5, 0.6) is 23.0 Å². The Bertz CT molecular complexity index is 2390. The van der Waals surface area contributed by atoms with Gasteiger partial charge in [0.15, 0.2) is 23.1 Å². The number of anilines is 1. The van der Waals surface area contributed by atoms with Crippen LogP contribution in [0.4, 0.5) is 5.69 Å². The molecule has 0 bridgehead atoms. The average Bonchev–Trinajstić information content (AvgIpc) is 3.98. The molecule has 17 nitrogen and oxygen atoms in total. The summed E-state index contributed by atoms with van der Waals surface area (Å²) in [4.78, 5) is 38.8. The van der Waals surface area contributed by atoms with Crippen LogP contribution in [0, 0.1) is 5.92 Å². The number of aliphatic imine (C=N–C) groups is 2. The number of nitrogens with zero attached hydrogens (tertiary/aromatic N) is 3. The highest BCUT2D eigenvalue weighted by Gasteiger charge is 2.68. The number of rotatable bonds is 13. The number of carboxylic acids is 1. The molecule has 1 amide bonds. The van der Waals surface area contributed by atoms with Gasteiger partial charge >= 0.3 is 11.9 Å². The lowest BCUT2D eigenvalue weighted by Crippen LogP contribution is -2.67. The minimum Gasteiger partial charge on any atom is -0.508 e. The number of carbonyl (C=O) groups is 2. The number of amides is 1. The minimum absolute atomic E-state index is 0.00495. The van der Waals surface area contributed by atoms with Crippen LogP contribution in [0.1, 0.15) is 73.1 Å². The molecule has 2 fully saturated rings. The van der Waals surface area contributed by atoms with Crippen molar-refractivity contribution in [3.8, 4) is 23.0 Å². The van der Waals surface area contributed by atoms with E-state index in [1.54, 1.807) is 42.6 Å². The van der Waals surface area contributed by atoms with E-state index in [0.29, 0.717) is 40.8 Å². The highest BCUT2D eigenvalue weighted by Crippen LogP contribution is 2.67. The number of phenols is 3. The van der Waals surface area contributed by atoms with Crippen molar-refractivity contribution >= 4 is 35.6 Å². The highest BCUT2D eigenvalue weighted by atomic mass is 16.8. The molecule has 8 atom stereocenters. The van der Waals surface area contributed by atoms with Crippen LogP contribution in [0.15, 0.2) is 82.3 Å². The Kier molecular flexibility index (Phi) is 12.0. The minimum atomic E-state index is -3.17. The Labute approximate surface area is 361 Å². The fraction of sp³-hybridized carbons (Fsp3) is 0.435. The Morgan fingerprint density at radius 1 is 0.921 bits per heavy atom. The molecule has 0 spiro atoms. The molecule has 0 aromatic heterocycles. The van der Waals surface area contributed by atoms with Gasteiger partial charge in [-0.3, -0.25) is 19.7 Å². The number of phenolic OH excluding ortho intramolecular Hbond substituents is 3. The second-order valence-electron chi connectivity index (χ2n) is 16.9. The lowest BCUT2D eigenvalue weighted by Gasteiger charge is -2.47. The molecule has 17 heteroatoms. The Balaban J connectivity index is 1.30. The van der Waals surface area contributed by atoms with E-state index in [4.69, 9.17) is 9.47 Å². The average molecular weight is 870 g/mol. The van der Waals surface area contributed by atoms with E-state index in [0.717, 1.165) is 30.2 Å². The Morgan fingerprint density at radius 2 is 1.68 bits per heavy atom. The first-order valence-electron chi connectivity index (χ1n) is 21.0. The molecular formula is C46H51N3O14. The number of aliphatic hydroxyl groups is 6. The number of hydrogen-bond acceptors (Lipinski definition) is 15. The second-order valence-corrected chi connectivity index (χ2v) is 16.9. The van der Waals surface area contributed by atoms with E-state index in [2.05, 4.69) is 9.98 Å². The highest BCUT2D eigenvalue weighted by molar-refractivity contribution is 6.32. The van der Waals surface area contributed by atoms with Gasteiger partial charge in [0.05, 0.1) is 18.0 Å². The van der Waals surface area contributed by atoms with Crippen molar-refractivity contribution in [3.05, 3.63) is 94.6 Å². The van der Waals surface area contributed by atoms with E-state index >= 15 is 4.79 Å². The van der Waals surface area contributed by atoms with Gasteiger partial charge in [0, 0.05) is 53.8 Å². The molecule has 3 aromatic carbocycles. The zero-order chi connectivity index (χ0) is 44.8. The summed E-state index contributed by atoms with van der Waals surface area (Å²) in [6, 6.07) is 13.9. The molecule has 10 N–H and O–H groups in total. The van der Waals surface area contributed by atoms with Crippen LogP contribution in [-0.2, 0) is 26.2 Å². The standard InChI is InChI=1S/C46H51N3O14/c50-16-6-7-26-21-45(43(59)60)39(38(26)44(14-4-1-5-15-44)30-8-2-3-9-33(30)53)29-19-34(54)35(62-46(61)42(58)41(57)40(56)36(23-51)63-46)20-31(29)49(45)37(55)13-11-25-10-12-32(52)27(17-25)18-28-22-47-24-48-28/h2-3,8-13,17,19-22,36,38-42,50-54,56-58,61H,1,4-7,14-16,18,23-24H2,(H,59,60). The van der Waals surface area contributed by atoms with Gasteiger partial charge in [-0.1, -0.05) is 49.1 Å². The number of fused-ring (bicyclic) bond motifs is 3. The topological polar surface area (TPSA) is 283 Å². The van der Waals surface area contributed by atoms with Crippen LogP contribution in [-0.4, -0.2) is 131 Å². The number of hydrogen-bond donors (Lipinski definition) is 10. The van der Waals surface area contributed by atoms with E-state index in [-0.39, 0.29) is 55.3 Å². The lowest BCUT2D eigenvalue weighted by atomic mass is 9.56. The summed E-state index contributed by atoms with van der Waals surface area (Å²) in [6.45, 7) is -0.846. The number of ether oxygens (including phenoxy) is 2. The number of carboxylic acid groups (broad SMARTS) is 1. The number of aliphatic hydroxyl groups excluding tert-OH is 5. The zero-order valence-electron chi connectivity index (χ0n) is 34.2. The van der Waals surface area contributed by atoms with Crippen LogP contribution in [0.2, 0.25) is 0 Å². The number of carbonyl (C=O) groups excluding carboxylic acids is 1. The van der Waals surface area contributed by atoms with Gasteiger partial charge in [0.2, 0.25) is 0 Å². The zero-order valence-corrected chi connectivity index (χ0v) is 34.2. The van der Waals surface area contributed by atoms with Crippen molar-refractivity contribution in [3.63, 3.8) is 0 Å². The third kappa shape index (κ3) is 7.46. The first-order chi connectivity index (χ1) is 30.2. The summed E-state index contributed by atoms with van der Waals surface area (Å²) in [7, 11) is 0. The molecule has 0 radical (unpaired) electrons. The van der Waals surface area contributed by atoms with E-state index in [1.165, 1.54) is 24.3 Å². The van der Waals surface area contributed by atoms with Crippen molar-refractivity contribution in [1.29, 1.82) is 0 Å². The molecule has 1 saturated carbocycles. The summed E-state index contributed by atoms with van der Waals surface area (Å²) in [5, 5.41) is 109. The molecule has 63 heavy (non-hydrogen) atoms. The maximum absolute atomic E-state index is 15.0. The smallest absolute Gasteiger partial charge is 0.355 e. The van der Waals surface area contributed by atoms with Crippen LogP contribution < -0.4 is 9.64 Å². The number of benzene rings is 3. The van der Waals surface area contributed by atoms with E-state index in [9.17, 15) is 55.9 Å².